The van der Waals surface area contributed by atoms with Crippen molar-refractivity contribution in [3.8, 4) is 22.7 Å². The second-order valence-corrected chi connectivity index (χ2v) is 6.60. The van der Waals surface area contributed by atoms with Crippen LogP contribution in [0.2, 0.25) is 0 Å². The molecule has 4 rings (SSSR count). The molecule has 27 heavy (non-hydrogen) atoms. The van der Waals surface area contributed by atoms with Gasteiger partial charge in [0, 0.05) is 22.9 Å². The number of carbonyl (C=O) groups is 1. The summed E-state index contributed by atoms with van der Waals surface area (Å²) in [4.78, 5) is 16.2. The summed E-state index contributed by atoms with van der Waals surface area (Å²) in [5.74, 6) is 1.94. The van der Waals surface area contributed by atoms with Gasteiger partial charge in [-0.25, -0.2) is 0 Å². The smallest absolute Gasteiger partial charge is 0.306 e. The monoisotopic (exact) mass is 380 g/mol. The number of furan rings is 1. The lowest BCUT2D eigenvalue weighted by Crippen LogP contribution is -2.05. The number of esters is 1. The second-order valence-electron chi connectivity index (χ2n) is 5.82. The number of ether oxygens (including phenoxy) is 1. The van der Waals surface area contributed by atoms with Gasteiger partial charge in [-0.2, -0.15) is 16.3 Å². The van der Waals surface area contributed by atoms with E-state index in [0.717, 1.165) is 22.6 Å². The zero-order valence-electron chi connectivity index (χ0n) is 14.3. The molecule has 0 atom stereocenters. The van der Waals surface area contributed by atoms with E-state index in [2.05, 4.69) is 10.1 Å². The Morgan fingerprint density at radius 1 is 1.07 bits per heavy atom. The normalized spacial score (nSPS) is 10.8. The number of carbonyl (C=O) groups excluding carboxylic acids is 1. The Labute approximate surface area is 159 Å². The molecule has 0 aliphatic heterocycles. The van der Waals surface area contributed by atoms with Gasteiger partial charge in [0.05, 0.1) is 6.42 Å². The molecule has 0 amide bonds. The van der Waals surface area contributed by atoms with E-state index in [1.54, 1.807) is 11.3 Å². The third kappa shape index (κ3) is 4.32. The first-order chi connectivity index (χ1) is 13.3. The largest absolute Gasteiger partial charge is 0.461 e. The Morgan fingerprint density at radius 2 is 1.96 bits per heavy atom. The molecule has 3 aromatic heterocycles. The molecule has 0 bridgehead atoms. The maximum absolute atomic E-state index is 11.9. The maximum Gasteiger partial charge on any atom is 0.306 e. The van der Waals surface area contributed by atoms with E-state index < -0.39 is 0 Å². The first kappa shape index (κ1) is 17.2. The fraction of sp³-hybridized carbons (Fsp3) is 0.150. The zero-order valence-corrected chi connectivity index (χ0v) is 15.1. The van der Waals surface area contributed by atoms with Crippen molar-refractivity contribution in [3.05, 3.63) is 70.9 Å². The van der Waals surface area contributed by atoms with Gasteiger partial charge in [-0.3, -0.25) is 4.79 Å². The van der Waals surface area contributed by atoms with Crippen LogP contribution in [0.1, 0.15) is 18.1 Å². The number of aryl methyl sites for hydroxylation is 1. The summed E-state index contributed by atoms with van der Waals surface area (Å²) in [5, 5.41) is 7.73. The van der Waals surface area contributed by atoms with Gasteiger partial charge >= 0.3 is 5.97 Å². The van der Waals surface area contributed by atoms with Crippen molar-refractivity contribution in [3.63, 3.8) is 0 Å². The Morgan fingerprint density at radius 3 is 2.78 bits per heavy atom. The van der Waals surface area contributed by atoms with Gasteiger partial charge in [0.1, 0.15) is 11.5 Å². The van der Waals surface area contributed by atoms with Crippen molar-refractivity contribution in [1.29, 1.82) is 0 Å². The van der Waals surface area contributed by atoms with Crippen LogP contribution in [0.5, 0.6) is 0 Å². The van der Waals surface area contributed by atoms with E-state index in [9.17, 15) is 4.79 Å². The number of benzene rings is 1. The Balaban J connectivity index is 1.26. The third-order valence-electron chi connectivity index (χ3n) is 3.90. The maximum atomic E-state index is 11.9. The molecule has 0 saturated heterocycles. The minimum atomic E-state index is -0.344. The van der Waals surface area contributed by atoms with E-state index in [1.807, 2.05) is 59.3 Å². The lowest BCUT2D eigenvalue weighted by Gasteiger charge is -2.01. The topological polar surface area (TPSA) is 78.4 Å². The Kier molecular flexibility index (Phi) is 5.11. The summed E-state index contributed by atoms with van der Waals surface area (Å²) < 4.78 is 16.1. The number of aromatic nitrogens is 2. The number of thiophene rings is 1. The SMILES string of the molecule is O=C(CCc1ccc(-c2ccccc2)o1)OCc1nc(-c2ccsc2)no1. The van der Waals surface area contributed by atoms with Crippen LogP contribution in [0.4, 0.5) is 0 Å². The number of hydrogen-bond acceptors (Lipinski definition) is 7. The van der Waals surface area contributed by atoms with Crippen molar-refractivity contribution in [2.75, 3.05) is 0 Å². The molecular weight excluding hydrogens is 364 g/mol. The predicted octanol–water partition coefficient (Wildman–Crippen LogP) is 4.73. The van der Waals surface area contributed by atoms with Crippen molar-refractivity contribution >= 4 is 17.3 Å². The molecule has 6 nitrogen and oxygen atoms in total. The van der Waals surface area contributed by atoms with E-state index in [1.165, 1.54) is 0 Å². The molecule has 0 unspecified atom stereocenters. The minimum absolute atomic E-state index is 0.0383. The van der Waals surface area contributed by atoms with Crippen LogP contribution in [0, 0.1) is 0 Å². The molecule has 0 N–H and O–H groups in total. The molecule has 3 heterocycles. The number of rotatable bonds is 7. The summed E-state index contributed by atoms with van der Waals surface area (Å²) in [7, 11) is 0. The molecule has 136 valence electrons. The molecule has 7 heteroatoms. The van der Waals surface area contributed by atoms with Crippen molar-refractivity contribution in [2.45, 2.75) is 19.4 Å². The van der Waals surface area contributed by atoms with Gasteiger partial charge in [-0.1, -0.05) is 35.5 Å². The highest BCUT2D eigenvalue weighted by Crippen LogP contribution is 2.22. The highest BCUT2D eigenvalue weighted by atomic mass is 32.1. The predicted molar refractivity (Wildman–Crippen MR) is 99.9 cm³/mol. The summed E-state index contributed by atoms with van der Waals surface area (Å²) in [6.07, 6.45) is 0.683. The molecule has 0 radical (unpaired) electrons. The zero-order chi connectivity index (χ0) is 18.5. The fourth-order valence-electron chi connectivity index (χ4n) is 2.53. The van der Waals surface area contributed by atoms with E-state index >= 15 is 0 Å². The molecule has 0 spiro atoms. The van der Waals surface area contributed by atoms with Crippen LogP contribution in [0.15, 0.2) is 68.2 Å². The van der Waals surface area contributed by atoms with Crippen LogP contribution < -0.4 is 0 Å². The van der Waals surface area contributed by atoms with Gasteiger partial charge in [0.2, 0.25) is 5.82 Å². The molecule has 0 saturated carbocycles. The number of hydrogen-bond donors (Lipinski definition) is 0. The fourth-order valence-corrected chi connectivity index (χ4v) is 3.17. The van der Waals surface area contributed by atoms with Gasteiger partial charge in [0.25, 0.3) is 5.89 Å². The summed E-state index contributed by atoms with van der Waals surface area (Å²) in [6, 6.07) is 15.5. The van der Waals surface area contributed by atoms with Crippen LogP contribution in [0.3, 0.4) is 0 Å². The van der Waals surface area contributed by atoms with Crippen molar-refractivity contribution < 1.29 is 18.5 Å². The minimum Gasteiger partial charge on any atom is -0.461 e. The van der Waals surface area contributed by atoms with Gasteiger partial charge < -0.3 is 13.7 Å². The quantitative estimate of drug-likeness (QED) is 0.431. The first-order valence-electron chi connectivity index (χ1n) is 8.43. The van der Waals surface area contributed by atoms with Crippen LogP contribution in [0.25, 0.3) is 22.7 Å². The summed E-state index contributed by atoms with van der Waals surface area (Å²) >= 11 is 1.55. The molecular formula is C20H16N2O4S. The summed E-state index contributed by atoms with van der Waals surface area (Å²) in [5.41, 5.74) is 1.89. The van der Waals surface area contributed by atoms with Crippen molar-refractivity contribution in [1.82, 2.24) is 10.1 Å². The highest BCUT2D eigenvalue weighted by molar-refractivity contribution is 7.08. The number of nitrogens with zero attached hydrogens (tertiary/aromatic N) is 2. The lowest BCUT2D eigenvalue weighted by molar-refractivity contribution is -0.145. The Bertz CT molecular complexity index is 1010. The van der Waals surface area contributed by atoms with Gasteiger partial charge in [-0.15, -0.1) is 0 Å². The van der Waals surface area contributed by atoms with E-state index in [4.69, 9.17) is 13.7 Å². The van der Waals surface area contributed by atoms with Crippen LogP contribution >= 0.6 is 11.3 Å². The molecule has 0 aliphatic carbocycles. The molecule has 1 aromatic carbocycles. The molecule has 0 aliphatic rings. The van der Waals surface area contributed by atoms with Crippen molar-refractivity contribution in [2.24, 2.45) is 0 Å². The standard InChI is InChI=1S/C20H16N2O4S/c23-19(24-12-18-21-20(22-26-18)15-10-11-27-13-15)9-7-16-6-8-17(25-16)14-4-2-1-3-5-14/h1-6,8,10-11,13H,7,9,12H2. The summed E-state index contributed by atoms with van der Waals surface area (Å²) in [6.45, 7) is -0.0383. The molecule has 0 fully saturated rings. The second kappa shape index (κ2) is 8.01. The highest BCUT2D eigenvalue weighted by Gasteiger charge is 2.12. The first-order valence-corrected chi connectivity index (χ1v) is 9.37. The van der Waals surface area contributed by atoms with Gasteiger partial charge in [0.15, 0.2) is 6.61 Å². The van der Waals surface area contributed by atoms with Crippen LogP contribution in [-0.2, 0) is 22.6 Å². The molecule has 4 aromatic rings. The van der Waals surface area contributed by atoms with E-state index in [-0.39, 0.29) is 24.9 Å². The van der Waals surface area contributed by atoms with Crippen LogP contribution in [-0.4, -0.2) is 16.1 Å². The average Bonchev–Trinajstić information content (AvgIpc) is 3.47. The average molecular weight is 380 g/mol. The van der Waals surface area contributed by atoms with Gasteiger partial charge in [-0.05, 0) is 23.6 Å². The van der Waals surface area contributed by atoms with E-state index in [0.29, 0.717) is 12.2 Å². The third-order valence-corrected chi connectivity index (χ3v) is 4.58. The Hall–Kier alpha value is -3.19. The lowest BCUT2D eigenvalue weighted by atomic mass is 10.2.